The Morgan fingerprint density at radius 3 is 0.681 bits per heavy atom. The smallest absolute Gasteiger partial charge is 0.268 e. The molecule has 5 aliphatic rings. The first-order valence-electron chi connectivity index (χ1n) is 42.8. The zero-order valence-corrected chi connectivity index (χ0v) is 79.4. The van der Waals surface area contributed by atoms with Gasteiger partial charge in [0.05, 0.1) is 118 Å². The van der Waals surface area contributed by atoms with Crippen LogP contribution in [0.1, 0.15) is 101 Å². The van der Waals surface area contributed by atoms with Gasteiger partial charge in [0.2, 0.25) is 27.1 Å². The molecule has 141 heavy (non-hydrogen) atoms. The van der Waals surface area contributed by atoms with Gasteiger partial charge in [-0.2, -0.15) is 0 Å². The Bertz CT molecular complexity index is 8470. The van der Waals surface area contributed by atoms with Crippen LogP contribution in [-0.2, 0) is 32.7 Å². The van der Waals surface area contributed by atoms with Crippen LogP contribution < -0.4 is 27.1 Å². The molecule has 15 heterocycles. The number of pyridine rings is 5. The molecule has 10 aromatic heterocycles. The van der Waals surface area contributed by atoms with Gasteiger partial charge >= 0.3 is 0 Å². The number of para-hydroxylation sites is 5. The highest BCUT2D eigenvalue weighted by Gasteiger charge is 2.39. The minimum absolute atomic E-state index is 0. The van der Waals surface area contributed by atoms with Gasteiger partial charge in [-0.3, -0.25) is 70.8 Å². The molecule has 706 valence electrons. The van der Waals surface area contributed by atoms with E-state index in [1.807, 2.05) is 162 Å². The van der Waals surface area contributed by atoms with Gasteiger partial charge in [0.1, 0.15) is 27.8 Å². The number of aliphatic hydroxyl groups is 1. The van der Waals surface area contributed by atoms with E-state index in [4.69, 9.17) is 110 Å². The van der Waals surface area contributed by atoms with E-state index in [1.165, 1.54) is 18.3 Å². The Labute approximate surface area is 847 Å². The number of benzene rings is 10. The van der Waals surface area contributed by atoms with Gasteiger partial charge in [-0.1, -0.05) is 216 Å². The molecule has 5 N–H and O–H groups in total. The van der Waals surface area contributed by atoms with Crippen molar-refractivity contribution in [3.8, 4) is 56.9 Å². The number of hydrogen-bond donors (Lipinski definition) is 1. The van der Waals surface area contributed by atoms with Crippen molar-refractivity contribution in [3.63, 3.8) is 0 Å². The molecule has 10 aromatic carbocycles. The van der Waals surface area contributed by atoms with Gasteiger partial charge in [0, 0.05) is 120 Å². The first-order chi connectivity index (χ1) is 66.3. The van der Waals surface area contributed by atoms with Crippen molar-refractivity contribution < 1.29 is 40.0 Å². The molecule has 25 rings (SSSR count). The molecule has 0 bridgehead atoms. The Morgan fingerprint density at radius 2 is 0.447 bits per heavy atom. The predicted molar refractivity (Wildman–Crippen MR) is 563 cm³/mol. The lowest BCUT2D eigenvalue weighted by Crippen LogP contribution is -2.20. The molecular formula is C109H79Cl9N10O13. The molecule has 0 atom stereocenters. The van der Waals surface area contributed by atoms with E-state index in [1.54, 1.807) is 182 Å². The Hall–Kier alpha value is -14.5. The summed E-state index contributed by atoms with van der Waals surface area (Å²) in [6, 6.07) is 84.1. The Balaban J connectivity index is 0.000000125. The SMILES string of the molecule is C.C.CCO.O.O.O=C1c2c(n(Cc3c(Cl)cccc3Cl)c3ccccc3c2=O)-c2cccn21.O=C1c2c(n(Cc3c(Cl)cccc3Cl)c3ccccc3c2=O)-c2cccn21.O=C1c2c(n(Cc3ccc(Cl)c(Cl)c3)c3ccccc3c2=O)-c2cccn21.O=C1c2c(n(Cc3ccc(Cl)c(Cl)c3)c3ccccc3c2=O)-c2cccn21.O=C1c2c(n(Cc3ccc(Cl)cc3)c3ccccc3c2=O)-c2cccn21. The van der Waals surface area contributed by atoms with Crippen molar-refractivity contribution in [2.24, 2.45) is 0 Å². The fourth-order valence-electron chi connectivity index (χ4n) is 18.6. The second-order valence-electron chi connectivity index (χ2n) is 32.5. The van der Waals surface area contributed by atoms with Crippen molar-refractivity contribution in [2.75, 3.05) is 6.61 Å². The van der Waals surface area contributed by atoms with Crippen LogP contribution in [0.4, 0.5) is 0 Å². The third-order valence-corrected chi connectivity index (χ3v) is 27.8. The largest absolute Gasteiger partial charge is 0.412 e. The maximum atomic E-state index is 13.0. The number of rotatable bonds is 10. The van der Waals surface area contributed by atoms with Crippen LogP contribution in [0.3, 0.4) is 0 Å². The highest BCUT2D eigenvalue weighted by Crippen LogP contribution is 2.43. The van der Waals surface area contributed by atoms with Crippen LogP contribution in [0.25, 0.3) is 111 Å². The molecule has 0 radical (unpaired) electrons. The number of fused-ring (bicyclic) bond motifs is 20. The van der Waals surface area contributed by atoms with Crippen molar-refractivity contribution in [1.82, 2.24) is 45.7 Å². The molecule has 0 saturated heterocycles. The molecule has 0 spiro atoms. The fourth-order valence-corrected chi connectivity index (χ4v) is 20.4. The summed E-state index contributed by atoms with van der Waals surface area (Å²) in [6.45, 7) is 4.08. The highest BCUT2D eigenvalue weighted by molar-refractivity contribution is 6.43. The number of carbonyl (C=O) groups is 5. The minimum atomic E-state index is -0.306. The average Bonchev–Trinajstić information content (AvgIpc) is 1.64. The van der Waals surface area contributed by atoms with Gasteiger partial charge in [0.15, 0.2) is 0 Å². The first-order valence-corrected chi connectivity index (χ1v) is 46.2. The van der Waals surface area contributed by atoms with Crippen molar-refractivity contribution in [1.29, 1.82) is 0 Å². The zero-order chi connectivity index (χ0) is 95.4. The highest BCUT2D eigenvalue weighted by atomic mass is 35.5. The van der Waals surface area contributed by atoms with Crippen LogP contribution in [0.5, 0.6) is 0 Å². The first kappa shape index (κ1) is 99.5. The molecule has 20 aromatic rings. The third kappa shape index (κ3) is 17.1. The van der Waals surface area contributed by atoms with Crippen LogP contribution in [0.2, 0.25) is 45.2 Å². The summed E-state index contributed by atoms with van der Waals surface area (Å²) < 4.78 is 17.6. The maximum absolute atomic E-state index is 13.0. The van der Waals surface area contributed by atoms with Crippen LogP contribution >= 0.6 is 104 Å². The number of carbonyl (C=O) groups excluding carboxylic acids is 5. The number of aliphatic hydroxyl groups excluding tert-OH is 1. The van der Waals surface area contributed by atoms with Gasteiger partial charge in [-0.05, 0) is 206 Å². The summed E-state index contributed by atoms with van der Waals surface area (Å²) in [5.74, 6) is -1.45. The number of halogens is 9. The summed E-state index contributed by atoms with van der Waals surface area (Å²) in [5, 5.41) is 14.9. The standard InChI is InChI=1S/4C21H12Cl2N2O2.C21H13ClN2O2.C2H6O.2CH4.2H2O/c2*22-14-6-3-7-15(23)13(14)11-25-16-8-2-1-5-12(16)20(26)18-19(25)17-9-4-10-24(17)21(18)27;2*22-14-8-7-12(10-15(14)23)11-25-16-5-2-1-4-13(16)20(26)18-19(25)17-6-3-9-24(17)21(18)27;22-14-9-7-13(8-10-14)12-24-16-5-2-1-4-15(16)20(25)18-19(24)17-6-3-11-23(17)21(18)26;1-2-3;;;;/h4*1-10H,11H2;1-11H,12H2;3H,2H2,1H3;2*1H4;2*1H2. The van der Waals surface area contributed by atoms with E-state index in [0.29, 0.717) is 145 Å². The fraction of sp³-hybridized carbons (Fsp3) is 0.0826. The van der Waals surface area contributed by atoms with Gasteiger partial charge in [-0.25, -0.2) is 0 Å². The van der Waals surface area contributed by atoms with E-state index in [2.05, 4.69) is 0 Å². The van der Waals surface area contributed by atoms with E-state index >= 15 is 0 Å². The van der Waals surface area contributed by atoms with E-state index < -0.39 is 0 Å². The normalized spacial score (nSPS) is 12.0. The number of aromatic nitrogens is 10. The van der Waals surface area contributed by atoms with Crippen LogP contribution in [-0.4, -0.2) is 97.9 Å². The molecule has 0 amide bonds. The maximum Gasteiger partial charge on any atom is 0.268 e. The summed E-state index contributed by atoms with van der Waals surface area (Å²) >= 11 is 56.0. The van der Waals surface area contributed by atoms with E-state index in [9.17, 15) is 47.9 Å². The van der Waals surface area contributed by atoms with E-state index in [0.717, 1.165) is 72.5 Å². The lowest BCUT2D eigenvalue weighted by molar-refractivity contribution is 0.0960. The quantitative estimate of drug-likeness (QED) is 0.134. The average molecular weight is 2060 g/mol. The summed E-state index contributed by atoms with van der Waals surface area (Å²) in [6.07, 6.45) is 8.42. The second-order valence-corrected chi connectivity index (χ2v) is 36.2. The van der Waals surface area contributed by atoms with Crippen LogP contribution in [0, 0.1) is 0 Å². The van der Waals surface area contributed by atoms with Gasteiger partial charge < -0.3 is 38.9 Å². The Kier molecular flexibility index (Phi) is 28.5. The number of hydrogen-bond acceptors (Lipinski definition) is 11. The summed E-state index contributed by atoms with van der Waals surface area (Å²) in [4.78, 5) is 129. The molecule has 5 aliphatic heterocycles. The lowest BCUT2D eigenvalue weighted by Gasteiger charge is -2.17. The molecule has 0 unspecified atom stereocenters. The lowest BCUT2D eigenvalue weighted by atomic mass is 10.1. The molecule has 0 fully saturated rings. The summed E-state index contributed by atoms with van der Waals surface area (Å²) in [5.41, 5.74) is 14.8. The van der Waals surface area contributed by atoms with Crippen molar-refractivity contribution >= 4 is 188 Å². The minimum Gasteiger partial charge on any atom is -0.412 e. The molecule has 32 heteroatoms. The molecule has 0 aliphatic carbocycles. The van der Waals surface area contributed by atoms with Gasteiger partial charge in [0.25, 0.3) is 29.5 Å². The van der Waals surface area contributed by atoms with Crippen LogP contribution in [0.15, 0.2) is 334 Å². The number of nitrogens with zero attached hydrogens (tertiary/aromatic N) is 10. The van der Waals surface area contributed by atoms with Gasteiger partial charge in [-0.15, -0.1) is 0 Å². The molecule has 0 saturated carbocycles. The van der Waals surface area contributed by atoms with E-state index in [-0.39, 0.29) is 117 Å². The molecule has 23 nitrogen and oxygen atoms in total. The predicted octanol–water partition coefficient (Wildman–Crippen LogP) is 23.1. The zero-order valence-electron chi connectivity index (χ0n) is 72.6. The second kappa shape index (κ2) is 40.4. The topological polar surface area (TPSA) is 303 Å². The van der Waals surface area contributed by atoms with Crippen molar-refractivity contribution in [2.45, 2.75) is 54.5 Å². The van der Waals surface area contributed by atoms with Crippen molar-refractivity contribution in [3.05, 3.63) is 462 Å². The monoisotopic (exact) mass is 2050 g/mol. The molecular weight excluding hydrogens is 1980 g/mol. The Morgan fingerprint density at radius 1 is 0.234 bits per heavy atom. The third-order valence-electron chi connectivity index (χ3n) is 24.6. The summed E-state index contributed by atoms with van der Waals surface area (Å²) in [7, 11) is 0.